The molecule has 1 aromatic rings. The summed E-state index contributed by atoms with van der Waals surface area (Å²) in [5.41, 5.74) is 6.73. The van der Waals surface area contributed by atoms with Crippen molar-refractivity contribution in [3.63, 3.8) is 0 Å². The molecule has 0 heterocycles. The first-order chi connectivity index (χ1) is 6.97. The molecule has 3 N–H and O–H groups in total. The number of nitrogens with two attached hydrogens (primary N) is 1. The summed E-state index contributed by atoms with van der Waals surface area (Å²) >= 11 is 0. The molecule has 0 aromatic heterocycles. The van der Waals surface area contributed by atoms with E-state index >= 15 is 0 Å². The molecule has 0 atom stereocenters. The Balaban J connectivity index is 3.05. The topological polar surface area (TPSA) is 80.4 Å². The number of benzene rings is 1. The Kier molecular flexibility index (Phi) is 3.71. The van der Waals surface area contributed by atoms with E-state index in [2.05, 4.69) is 0 Å². The van der Waals surface area contributed by atoms with Crippen LogP contribution in [-0.4, -0.2) is 25.9 Å². The van der Waals surface area contributed by atoms with Crippen LogP contribution in [0.15, 0.2) is 23.1 Å². The maximum Gasteiger partial charge on any atom is 0.178 e. The van der Waals surface area contributed by atoms with Gasteiger partial charge in [0.05, 0.1) is 10.6 Å². The maximum absolute atomic E-state index is 11.8. The lowest BCUT2D eigenvalue weighted by Gasteiger charge is -2.07. The highest BCUT2D eigenvalue weighted by molar-refractivity contribution is 7.91. The molecule has 0 aliphatic rings. The van der Waals surface area contributed by atoms with Crippen molar-refractivity contribution in [1.29, 1.82) is 0 Å². The third-order valence-corrected chi connectivity index (χ3v) is 4.06. The fourth-order valence-electron chi connectivity index (χ4n) is 1.39. The smallest absolute Gasteiger partial charge is 0.178 e. The standard InChI is InChI=1S/C10H15NO3S/c1-8-7-9(11)3-4-10(8)15(13,14)6-2-5-12/h3-4,7,12H,2,5-6,11H2,1H3. The molecule has 84 valence electrons. The van der Waals surface area contributed by atoms with Crippen LogP contribution in [-0.2, 0) is 9.84 Å². The average Bonchev–Trinajstić information content (AvgIpc) is 2.14. The van der Waals surface area contributed by atoms with Gasteiger partial charge in [0.25, 0.3) is 0 Å². The highest BCUT2D eigenvalue weighted by Gasteiger charge is 2.16. The van der Waals surface area contributed by atoms with E-state index in [4.69, 9.17) is 10.8 Å². The van der Waals surface area contributed by atoms with Crippen LogP contribution < -0.4 is 5.73 Å². The van der Waals surface area contributed by atoms with E-state index in [1.54, 1.807) is 19.1 Å². The number of anilines is 1. The predicted octanol–water partition coefficient (Wildman–Crippen LogP) is 0.733. The molecule has 0 spiro atoms. The zero-order chi connectivity index (χ0) is 11.5. The van der Waals surface area contributed by atoms with Crippen LogP contribution >= 0.6 is 0 Å². The summed E-state index contributed by atoms with van der Waals surface area (Å²) in [5.74, 6) is -0.0335. The molecule has 15 heavy (non-hydrogen) atoms. The van der Waals surface area contributed by atoms with Crippen molar-refractivity contribution in [2.75, 3.05) is 18.1 Å². The van der Waals surface area contributed by atoms with Gasteiger partial charge in [-0.15, -0.1) is 0 Å². The zero-order valence-corrected chi connectivity index (χ0v) is 9.42. The third-order valence-electron chi connectivity index (χ3n) is 2.11. The molecule has 0 aliphatic heterocycles. The monoisotopic (exact) mass is 229 g/mol. The van der Waals surface area contributed by atoms with Gasteiger partial charge in [0.1, 0.15) is 0 Å². The lowest BCUT2D eigenvalue weighted by atomic mass is 10.2. The van der Waals surface area contributed by atoms with Gasteiger partial charge < -0.3 is 10.8 Å². The average molecular weight is 229 g/mol. The van der Waals surface area contributed by atoms with Crippen LogP contribution in [0.1, 0.15) is 12.0 Å². The number of nitrogen functional groups attached to an aromatic ring is 1. The Morgan fingerprint density at radius 1 is 1.40 bits per heavy atom. The number of hydrogen-bond donors (Lipinski definition) is 2. The highest BCUT2D eigenvalue weighted by atomic mass is 32.2. The van der Waals surface area contributed by atoms with Gasteiger partial charge in [0, 0.05) is 12.3 Å². The van der Waals surface area contributed by atoms with Gasteiger partial charge in [0.2, 0.25) is 0 Å². The minimum atomic E-state index is -3.29. The predicted molar refractivity (Wildman–Crippen MR) is 59.3 cm³/mol. The minimum absolute atomic E-state index is 0.0335. The number of aryl methyl sites for hydroxylation is 1. The normalized spacial score (nSPS) is 11.6. The van der Waals surface area contributed by atoms with E-state index in [-0.39, 0.29) is 18.8 Å². The molecular weight excluding hydrogens is 214 g/mol. The Hall–Kier alpha value is -1.07. The van der Waals surface area contributed by atoms with Crippen molar-refractivity contribution in [3.05, 3.63) is 23.8 Å². The number of rotatable bonds is 4. The van der Waals surface area contributed by atoms with Crippen LogP contribution in [0.25, 0.3) is 0 Å². The summed E-state index contributed by atoms with van der Waals surface area (Å²) in [6, 6.07) is 4.71. The van der Waals surface area contributed by atoms with Gasteiger partial charge in [0.15, 0.2) is 9.84 Å². The Morgan fingerprint density at radius 2 is 2.07 bits per heavy atom. The van der Waals surface area contributed by atoms with Crippen LogP contribution in [0.4, 0.5) is 5.69 Å². The van der Waals surface area contributed by atoms with Crippen molar-refractivity contribution >= 4 is 15.5 Å². The Bertz CT molecular complexity index is 440. The molecule has 0 unspecified atom stereocenters. The molecule has 5 heteroatoms. The van der Waals surface area contributed by atoms with Gasteiger partial charge in [-0.2, -0.15) is 0 Å². The van der Waals surface area contributed by atoms with Crippen molar-refractivity contribution < 1.29 is 13.5 Å². The molecule has 0 saturated carbocycles. The molecule has 4 nitrogen and oxygen atoms in total. The lowest BCUT2D eigenvalue weighted by molar-refractivity contribution is 0.295. The Labute approximate surface area is 89.7 Å². The third kappa shape index (κ3) is 2.94. The molecule has 0 amide bonds. The maximum atomic E-state index is 11.8. The summed E-state index contributed by atoms with van der Waals surface area (Å²) in [5, 5.41) is 8.61. The lowest BCUT2D eigenvalue weighted by Crippen LogP contribution is -2.10. The van der Waals surface area contributed by atoms with E-state index in [1.165, 1.54) is 6.07 Å². The van der Waals surface area contributed by atoms with Crippen LogP contribution in [0.5, 0.6) is 0 Å². The molecular formula is C10H15NO3S. The zero-order valence-electron chi connectivity index (χ0n) is 8.60. The molecule has 0 radical (unpaired) electrons. The summed E-state index contributed by atoms with van der Waals surface area (Å²) in [6.07, 6.45) is 0.256. The quantitative estimate of drug-likeness (QED) is 0.746. The summed E-state index contributed by atoms with van der Waals surface area (Å²) in [6.45, 7) is 1.59. The largest absolute Gasteiger partial charge is 0.399 e. The highest BCUT2D eigenvalue weighted by Crippen LogP contribution is 2.19. The van der Waals surface area contributed by atoms with Gasteiger partial charge >= 0.3 is 0 Å². The van der Waals surface area contributed by atoms with E-state index in [1.807, 2.05) is 0 Å². The first-order valence-electron chi connectivity index (χ1n) is 4.67. The molecule has 0 saturated heterocycles. The van der Waals surface area contributed by atoms with Crippen molar-refractivity contribution in [3.8, 4) is 0 Å². The number of aliphatic hydroxyl groups excluding tert-OH is 1. The van der Waals surface area contributed by atoms with Crippen LogP contribution in [0.2, 0.25) is 0 Å². The van der Waals surface area contributed by atoms with Crippen molar-refractivity contribution in [2.45, 2.75) is 18.2 Å². The minimum Gasteiger partial charge on any atom is -0.399 e. The van der Waals surface area contributed by atoms with Crippen LogP contribution in [0.3, 0.4) is 0 Å². The fourth-order valence-corrected chi connectivity index (χ4v) is 2.94. The van der Waals surface area contributed by atoms with Crippen molar-refractivity contribution in [2.24, 2.45) is 0 Å². The summed E-state index contributed by atoms with van der Waals surface area (Å²) < 4.78 is 23.5. The first kappa shape index (κ1) is 12.0. The van der Waals surface area contributed by atoms with Crippen molar-refractivity contribution in [1.82, 2.24) is 0 Å². The van der Waals surface area contributed by atoms with E-state index < -0.39 is 9.84 Å². The molecule has 0 fully saturated rings. The first-order valence-corrected chi connectivity index (χ1v) is 6.32. The molecule has 1 rings (SSSR count). The number of sulfone groups is 1. The molecule has 0 aliphatic carbocycles. The van der Waals surface area contributed by atoms with Gasteiger partial charge in [-0.05, 0) is 37.1 Å². The molecule has 0 bridgehead atoms. The van der Waals surface area contributed by atoms with Gasteiger partial charge in [-0.1, -0.05) is 0 Å². The van der Waals surface area contributed by atoms with E-state index in [0.29, 0.717) is 16.1 Å². The number of hydrogen-bond acceptors (Lipinski definition) is 4. The van der Waals surface area contributed by atoms with Gasteiger partial charge in [-0.25, -0.2) is 8.42 Å². The second-order valence-corrected chi connectivity index (χ2v) is 5.50. The second-order valence-electron chi connectivity index (χ2n) is 3.42. The fraction of sp³-hybridized carbons (Fsp3) is 0.400. The van der Waals surface area contributed by atoms with E-state index in [9.17, 15) is 8.42 Å². The SMILES string of the molecule is Cc1cc(N)ccc1S(=O)(=O)CCCO. The molecule has 1 aromatic carbocycles. The summed E-state index contributed by atoms with van der Waals surface area (Å²) in [7, 11) is -3.29. The number of aliphatic hydroxyl groups is 1. The van der Waals surface area contributed by atoms with Gasteiger partial charge in [-0.3, -0.25) is 0 Å². The van der Waals surface area contributed by atoms with Crippen LogP contribution in [0, 0.1) is 6.92 Å². The summed E-state index contributed by atoms with van der Waals surface area (Å²) in [4.78, 5) is 0.296. The Morgan fingerprint density at radius 3 is 2.60 bits per heavy atom. The second kappa shape index (κ2) is 4.63. The van der Waals surface area contributed by atoms with E-state index in [0.717, 1.165) is 0 Å².